The number of piperazine rings is 1. The van der Waals surface area contributed by atoms with Gasteiger partial charge in [-0.05, 0) is 25.6 Å². The van der Waals surface area contributed by atoms with Crippen LogP contribution in [0.3, 0.4) is 0 Å². The number of hydrogen-bond acceptors (Lipinski definition) is 3. The van der Waals surface area contributed by atoms with Gasteiger partial charge in [-0.3, -0.25) is 4.90 Å². The maximum absolute atomic E-state index is 3.48. The Morgan fingerprint density at radius 1 is 1.20 bits per heavy atom. The van der Waals surface area contributed by atoms with Gasteiger partial charge in [0.1, 0.15) is 0 Å². The number of likely N-dealkylation sites (N-methyl/N-ethyl adjacent to an activating group) is 2. The number of benzene rings is 1. The molecule has 1 aliphatic heterocycles. The van der Waals surface area contributed by atoms with Gasteiger partial charge < -0.3 is 10.2 Å². The van der Waals surface area contributed by atoms with Gasteiger partial charge in [-0.25, -0.2) is 0 Å². The van der Waals surface area contributed by atoms with E-state index in [2.05, 4.69) is 73.4 Å². The third-order valence-electron chi connectivity index (χ3n) is 4.49. The van der Waals surface area contributed by atoms with Gasteiger partial charge >= 0.3 is 0 Å². The molecule has 0 bridgehead atoms. The van der Waals surface area contributed by atoms with Crippen molar-refractivity contribution < 1.29 is 0 Å². The SMILES string of the molecule is CNC(CN1CCN(C)CC1c1ccccc1)C(C)C. The highest BCUT2D eigenvalue weighted by atomic mass is 15.3. The first-order chi connectivity index (χ1) is 9.61. The summed E-state index contributed by atoms with van der Waals surface area (Å²) in [5.74, 6) is 0.663. The smallest absolute Gasteiger partial charge is 0.0476 e. The predicted molar refractivity (Wildman–Crippen MR) is 85.9 cm³/mol. The zero-order valence-electron chi connectivity index (χ0n) is 13.3. The largest absolute Gasteiger partial charge is 0.315 e. The van der Waals surface area contributed by atoms with Crippen molar-refractivity contribution in [2.45, 2.75) is 25.9 Å². The van der Waals surface area contributed by atoms with Gasteiger partial charge in [0.05, 0.1) is 0 Å². The summed E-state index contributed by atoms with van der Waals surface area (Å²) in [5, 5.41) is 3.48. The standard InChI is InChI=1S/C17H29N3/c1-14(2)16(18-3)12-20-11-10-19(4)13-17(20)15-8-6-5-7-9-15/h5-9,14,16-18H,10-13H2,1-4H3. The van der Waals surface area contributed by atoms with Crippen molar-refractivity contribution in [3.05, 3.63) is 35.9 Å². The highest BCUT2D eigenvalue weighted by Gasteiger charge is 2.28. The molecule has 0 aromatic heterocycles. The molecule has 0 saturated carbocycles. The molecule has 1 fully saturated rings. The lowest BCUT2D eigenvalue weighted by atomic mass is 9.99. The van der Waals surface area contributed by atoms with E-state index in [0.717, 1.165) is 26.2 Å². The van der Waals surface area contributed by atoms with Crippen molar-refractivity contribution in [3.8, 4) is 0 Å². The Kier molecular flexibility index (Phi) is 5.58. The van der Waals surface area contributed by atoms with Gasteiger partial charge in [-0.15, -0.1) is 0 Å². The van der Waals surface area contributed by atoms with Crippen LogP contribution in [0.4, 0.5) is 0 Å². The molecule has 0 radical (unpaired) electrons. The van der Waals surface area contributed by atoms with Crippen LogP contribution >= 0.6 is 0 Å². The fourth-order valence-corrected chi connectivity index (χ4v) is 3.06. The summed E-state index contributed by atoms with van der Waals surface area (Å²) in [4.78, 5) is 5.09. The van der Waals surface area contributed by atoms with Gasteiger partial charge in [-0.1, -0.05) is 44.2 Å². The van der Waals surface area contributed by atoms with Crippen molar-refractivity contribution in [3.63, 3.8) is 0 Å². The third kappa shape index (κ3) is 3.81. The molecule has 1 heterocycles. The van der Waals surface area contributed by atoms with Crippen LogP contribution in [-0.2, 0) is 0 Å². The van der Waals surface area contributed by atoms with Gasteiger partial charge in [0.15, 0.2) is 0 Å². The van der Waals surface area contributed by atoms with Crippen molar-refractivity contribution in [2.75, 3.05) is 40.3 Å². The Labute approximate surface area is 124 Å². The molecular weight excluding hydrogens is 246 g/mol. The topological polar surface area (TPSA) is 18.5 Å². The molecule has 0 amide bonds. The summed E-state index contributed by atoms with van der Waals surface area (Å²) in [6.45, 7) is 9.17. The molecule has 0 spiro atoms. The monoisotopic (exact) mass is 275 g/mol. The lowest BCUT2D eigenvalue weighted by molar-refractivity contribution is 0.0758. The molecular formula is C17H29N3. The van der Waals surface area contributed by atoms with E-state index in [-0.39, 0.29) is 0 Å². The summed E-state index contributed by atoms with van der Waals surface area (Å²) in [6.07, 6.45) is 0. The van der Waals surface area contributed by atoms with Crippen LogP contribution < -0.4 is 5.32 Å². The summed E-state index contributed by atoms with van der Waals surface area (Å²) in [7, 11) is 4.31. The molecule has 1 aliphatic rings. The Morgan fingerprint density at radius 3 is 2.50 bits per heavy atom. The molecule has 1 aromatic carbocycles. The highest BCUT2D eigenvalue weighted by Crippen LogP contribution is 2.25. The van der Waals surface area contributed by atoms with Crippen LogP contribution in [0, 0.1) is 5.92 Å². The number of hydrogen-bond donors (Lipinski definition) is 1. The molecule has 3 heteroatoms. The molecule has 0 aliphatic carbocycles. The maximum atomic E-state index is 3.48. The minimum Gasteiger partial charge on any atom is -0.315 e. The van der Waals surface area contributed by atoms with Crippen molar-refractivity contribution in [2.24, 2.45) is 5.92 Å². The maximum Gasteiger partial charge on any atom is 0.0476 e. The zero-order chi connectivity index (χ0) is 14.5. The normalized spacial score (nSPS) is 23.1. The Balaban J connectivity index is 2.12. The van der Waals surface area contributed by atoms with Crippen LogP contribution in [-0.4, -0.2) is 56.1 Å². The molecule has 1 N–H and O–H groups in total. The first-order valence-corrected chi connectivity index (χ1v) is 7.76. The van der Waals surface area contributed by atoms with Crippen LogP contribution in [0.1, 0.15) is 25.5 Å². The van der Waals surface area contributed by atoms with Gasteiger partial charge in [0, 0.05) is 38.3 Å². The highest BCUT2D eigenvalue weighted by molar-refractivity contribution is 5.20. The molecule has 2 rings (SSSR count). The van der Waals surface area contributed by atoms with Crippen molar-refractivity contribution in [1.82, 2.24) is 15.1 Å². The van der Waals surface area contributed by atoms with Crippen LogP contribution in [0.15, 0.2) is 30.3 Å². The zero-order valence-corrected chi connectivity index (χ0v) is 13.3. The Morgan fingerprint density at radius 2 is 1.90 bits per heavy atom. The van der Waals surface area contributed by atoms with E-state index in [4.69, 9.17) is 0 Å². The van der Waals surface area contributed by atoms with E-state index < -0.39 is 0 Å². The predicted octanol–water partition coefficient (Wildman–Crippen LogP) is 2.22. The summed E-state index contributed by atoms with van der Waals surface area (Å²) in [6, 6.07) is 12.0. The third-order valence-corrected chi connectivity index (χ3v) is 4.49. The molecule has 112 valence electrons. The first-order valence-electron chi connectivity index (χ1n) is 7.76. The quantitative estimate of drug-likeness (QED) is 0.889. The van der Waals surface area contributed by atoms with Crippen LogP contribution in [0.25, 0.3) is 0 Å². The molecule has 2 atom stereocenters. The van der Waals surface area contributed by atoms with E-state index in [1.54, 1.807) is 0 Å². The van der Waals surface area contributed by atoms with Crippen LogP contribution in [0.5, 0.6) is 0 Å². The lowest BCUT2D eigenvalue weighted by Gasteiger charge is -2.42. The van der Waals surface area contributed by atoms with Crippen molar-refractivity contribution in [1.29, 1.82) is 0 Å². The number of nitrogens with one attached hydrogen (secondary N) is 1. The molecule has 20 heavy (non-hydrogen) atoms. The van der Waals surface area contributed by atoms with E-state index in [1.807, 2.05) is 0 Å². The lowest BCUT2D eigenvalue weighted by Crippen LogP contribution is -2.51. The minimum atomic E-state index is 0.518. The second-order valence-corrected chi connectivity index (χ2v) is 6.32. The number of rotatable bonds is 5. The van der Waals surface area contributed by atoms with Gasteiger partial charge in [0.25, 0.3) is 0 Å². The van der Waals surface area contributed by atoms with E-state index in [0.29, 0.717) is 18.0 Å². The molecule has 2 unspecified atom stereocenters. The minimum absolute atomic E-state index is 0.518. The fraction of sp³-hybridized carbons (Fsp3) is 0.647. The fourth-order valence-electron chi connectivity index (χ4n) is 3.06. The van der Waals surface area contributed by atoms with Gasteiger partial charge in [0.2, 0.25) is 0 Å². The van der Waals surface area contributed by atoms with E-state index in [1.165, 1.54) is 5.56 Å². The molecule has 1 aromatic rings. The average Bonchev–Trinajstić information content (AvgIpc) is 2.46. The second-order valence-electron chi connectivity index (χ2n) is 6.32. The molecule has 1 saturated heterocycles. The second kappa shape index (κ2) is 7.21. The number of nitrogens with zero attached hydrogens (tertiary/aromatic N) is 2. The summed E-state index contributed by atoms with van der Waals surface area (Å²) < 4.78 is 0. The van der Waals surface area contributed by atoms with Crippen LogP contribution in [0.2, 0.25) is 0 Å². The van der Waals surface area contributed by atoms with Gasteiger partial charge in [-0.2, -0.15) is 0 Å². The van der Waals surface area contributed by atoms with E-state index in [9.17, 15) is 0 Å². The van der Waals surface area contributed by atoms with Crippen molar-refractivity contribution >= 4 is 0 Å². The Hall–Kier alpha value is -0.900. The molecule has 3 nitrogen and oxygen atoms in total. The summed E-state index contributed by atoms with van der Waals surface area (Å²) in [5.41, 5.74) is 1.44. The Bertz CT molecular complexity index is 390. The first kappa shape index (κ1) is 15.5. The summed E-state index contributed by atoms with van der Waals surface area (Å²) >= 11 is 0. The average molecular weight is 275 g/mol. The van der Waals surface area contributed by atoms with E-state index >= 15 is 0 Å².